The zero-order chi connectivity index (χ0) is 14.2. The average Bonchev–Trinajstić information content (AvgIpc) is 3.22. The highest BCUT2D eigenvalue weighted by Gasteiger charge is 2.19. The molecule has 1 aromatic carbocycles. The number of ether oxygens (including phenoxy) is 1. The number of carbonyl (C=O) groups excluding carboxylic acids is 1. The summed E-state index contributed by atoms with van der Waals surface area (Å²) in [4.78, 5) is 11.6. The summed E-state index contributed by atoms with van der Waals surface area (Å²) in [6.45, 7) is 4.18. The lowest BCUT2D eigenvalue weighted by atomic mass is 10.2. The number of aryl methyl sites for hydroxylation is 1. The van der Waals surface area contributed by atoms with Crippen molar-refractivity contribution in [2.24, 2.45) is 0 Å². The molecule has 1 saturated carbocycles. The number of rotatable bonds is 9. The van der Waals surface area contributed by atoms with Gasteiger partial charge in [-0.15, -0.1) is 0 Å². The van der Waals surface area contributed by atoms with E-state index < -0.39 is 0 Å². The molecule has 1 aliphatic rings. The van der Waals surface area contributed by atoms with E-state index in [2.05, 4.69) is 10.6 Å². The number of hydrogen-bond acceptors (Lipinski definition) is 3. The third-order valence-corrected chi connectivity index (χ3v) is 3.27. The van der Waals surface area contributed by atoms with Gasteiger partial charge in [0.05, 0.1) is 13.0 Å². The van der Waals surface area contributed by atoms with Crippen LogP contribution in [0.5, 0.6) is 5.75 Å². The van der Waals surface area contributed by atoms with Gasteiger partial charge in [-0.25, -0.2) is 0 Å². The first-order chi connectivity index (χ1) is 9.74. The van der Waals surface area contributed by atoms with E-state index in [9.17, 15) is 4.79 Å². The smallest absolute Gasteiger partial charge is 0.223 e. The van der Waals surface area contributed by atoms with E-state index in [0.717, 1.165) is 36.9 Å². The maximum Gasteiger partial charge on any atom is 0.223 e. The molecule has 0 saturated heterocycles. The molecule has 20 heavy (non-hydrogen) atoms. The summed E-state index contributed by atoms with van der Waals surface area (Å²) in [5.41, 5.74) is 1.16. The Bertz CT molecular complexity index is 430. The average molecular weight is 276 g/mol. The zero-order valence-electron chi connectivity index (χ0n) is 12.2. The van der Waals surface area contributed by atoms with Gasteiger partial charge in [0.25, 0.3) is 0 Å². The van der Waals surface area contributed by atoms with E-state index in [-0.39, 0.29) is 5.91 Å². The van der Waals surface area contributed by atoms with Crippen molar-refractivity contribution < 1.29 is 9.53 Å². The second-order valence-corrected chi connectivity index (χ2v) is 5.35. The Balaban J connectivity index is 1.49. The minimum atomic E-state index is 0.0593. The number of benzene rings is 1. The fraction of sp³-hybridized carbons (Fsp3) is 0.562. The molecule has 0 atom stereocenters. The molecule has 0 radical (unpaired) electrons. The molecule has 110 valence electrons. The molecule has 1 aliphatic carbocycles. The molecule has 0 aliphatic heterocycles. The van der Waals surface area contributed by atoms with E-state index in [4.69, 9.17) is 4.74 Å². The maximum absolute atomic E-state index is 11.6. The Morgan fingerprint density at radius 2 is 2.20 bits per heavy atom. The fourth-order valence-corrected chi connectivity index (χ4v) is 1.96. The molecule has 0 aromatic heterocycles. The van der Waals surface area contributed by atoms with E-state index in [1.807, 2.05) is 31.2 Å². The van der Waals surface area contributed by atoms with Gasteiger partial charge in [0.2, 0.25) is 5.91 Å². The molecule has 4 nitrogen and oxygen atoms in total. The summed E-state index contributed by atoms with van der Waals surface area (Å²) < 4.78 is 5.55. The number of carbonyl (C=O) groups is 1. The van der Waals surface area contributed by atoms with Gasteiger partial charge in [-0.1, -0.05) is 12.1 Å². The monoisotopic (exact) mass is 276 g/mol. The third-order valence-electron chi connectivity index (χ3n) is 3.27. The van der Waals surface area contributed by atoms with Crippen LogP contribution in [0, 0.1) is 6.92 Å². The van der Waals surface area contributed by atoms with Crippen LogP contribution in [-0.4, -0.2) is 31.6 Å². The van der Waals surface area contributed by atoms with Crippen LogP contribution in [-0.2, 0) is 4.79 Å². The Morgan fingerprint density at radius 3 is 2.95 bits per heavy atom. The highest BCUT2D eigenvalue weighted by Crippen LogP contribution is 2.18. The molecule has 0 spiro atoms. The maximum atomic E-state index is 11.6. The predicted molar refractivity (Wildman–Crippen MR) is 79.9 cm³/mol. The van der Waals surface area contributed by atoms with Crippen LogP contribution >= 0.6 is 0 Å². The second-order valence-electron chi connectivity index (χ2n) is 5.35. The molecule has 1 fully saturated rings. The first kappa shape index (κ1) is 14.9. The van der Waals surface area contributed by atoms with E-state index in [0.29, 0.717) is 13.0 Å². The van der Waals surface area contributed by atoms with Crippen LogP contribution in [0.4, 0.5) is 0 Å². The lowest BCUT2D eigenvalue weighted by Crippen LogP contribution is -2.28. The molecule has 1 amide bonds. The van der Waals surface area contributed by atoms with Crippen molar-refractivity contribution in [3.63, 3.8) is 0 Å². The number of amides is 1. The summed E-state index contributed by atoms with van der Waals surface area (Å²) in [6.07, 6.45) is 4.01. The Hall–Kier alpha value is -1.55. The fourth-order valence-electron chi connectivity index (χ4n) is 1.96. The van der Waals surface area contributed by atoms with Gasteiger partial charge >= 0.3 is 0 Å². The minimum absolute atomic E-state index is 0.0593. The van der Waals surface area contributed by atoms with Gasteiger partial charge < -0.3 is 15.4 Å². The molecule has 4 heteroatoms. The van der Waals surface area contributed by atoms with Crippen LogP contribution in [0.15, 0.2) is 24.3 Å². The molecular formula is C16H24N2O2. The van der Waals surface area contributed by atoms with Crippen LogP contribution in [0.1, 0.15) is 31.2 Å². The van der Waals surface area contributed by atoms with Gasteiger partial charge in [0, 0.05) is 12.6 Å². The van der Waals surface area contributed by atoms with Crippen molar-refractivity contribution in [1.29, 1.82) is 0 Å². The molecule has 0 bridgehead atoms. The van der Waals surface area contributed by atoms with Crippen LogP contribution in [0.3, 0.4) is 0 Å². The largest absolute Gasteiger partial charge is 0.493 e. The van der Waals surface area contributed by atoms with Crippen molar-refractivity contribution in [2.45, 2.75) is 38.6 Å². The van der Waals surface area contributed by atoms with Gasteiger partial charge in [-0.05, 0) is 50.4 Å². The minimum Gasteiger partial charge on any atom is -0.493 e. The van der Waals surface area contributed by atoms with Crippen molar-refractivity contribution >= 4 is 5.91 Å². The normalized spacial score (nSPS) is 14.1. The van der Waals surface area contributed by atoms with Gasteiger partial charge in [-0.2, -0.15) is 0 Å². The first-order valence-electron chi connectivity index (χ1n) is 7.43. The van der Waals surface area contributed by atoms with E-state index in [1.165, 1.54) is 12.8 Å². The van der Waals surface area contributed by atoms with Gasteiger partial charge in [-0.3, -0.25) is 4.79 Å². The van der Waals surface area contributed by atoms with Crippen molar-refractivity contribution in [2.75, 3.05) is 19.7 Å². The van der Waals surface area contributed by atoms with E-state index >= 15 is 0 Å². The second kappa shape index (κ2) is 7.90. The first-order valence-corrected chi connectivity index (χ1v) is 7.43. The Kier molecular flexibility index (Phi) is 5.87. The summed E-state index contributed by atoms with van der Waals surface area (Å²) in [5, 5.41) is 6.34. The number of hydrogen-bond donors (Lipinski definition) is 2. The van der Waals surface area contributed by atoms with Crippen LogP contribution in [0.2, 0.25) is 0 Å². The molecular weight excluding hydrogens is 252 g/mol. The summed E-state index contributed by atoms with van der Waals surface area (Å²) in [5.74, 6) is 0.885. The molecule has 2 rings (SSSR count). The third kappa shape index (κ3) is 6.06. The van der Waals surface area contributed by atoms with Crippen molar-refractivity contribution in [3.05, 3.63) is 29.8 Å². The Labute approximate surface area is 120 Å². The summed E-state index contributed by atoms with van der Waals surface area (Å²) in [7, 11) is 0. The van der Waals surface area contributed by atoms with Gasteiger partial charge in [0.15, 0.2) is 0 Å². The zero-order valence-corrected chi connectivity index (χ0v) is 12.2. The highest BCUT2D eigenvalue weighted by atomic mass is 16.5. The van der Waals surface area contributed by atoms with Gasteiger partial charge in [0.1, 0.15) is 5.75 Å². The lowest BCUT2D eigenvalue weighted by molar-refractivity contribution is -0.121. The quantitative estimate of drug-likeness (QED) is 0.678. The van der Waals surface area contributed by atoms with Crippen LogP contribution in [0.25, 0.3) is 0 Å². The highest BCUT2D eigenvalue weighted by molar-refractivity contribution is 5.75. The number of nitrogens with one attached hydrogen (secondary N) is 2. The lowest BCUT2D eigenvalue weighted by Gasteiger charge is -2.08. The molecule has 0 heterocycles. The Morgan fingerprint density at radius 1 is 1.35 bits per heavy atom. The molecule has 1 aromatic rings. The van der Waals surface area contributed by atoms with Crippen LogP contribution < -0.4 is 15.4 Å². The molecule has 2 N–H and O–H groups in total. The molecule has 0 unspecified atom stereocenters. The summed E-state index contributed by atoms with van der Waals surface area (Å²) in [6, 6.07) is 8.61. The topological polar surface area (TPSA) is 50.4 Å². The van der Waals surface area contributed by atoms with Crippen molar-refractivity contribution in [1.82, 2.24) is 10.6 Å². The standard InChI is InChI=1S/C16H24N2O2/c1-13-4-2-5-15(12-13)20-11-8-16(19)18-10-3-9-17-14-6-7-14/h2,4-5,12,14,17H,3,6-11H2,1H3,(H,18,19). The predicted octanol–water partition coefficient (Wildman–Crippen LogP) is 2.02. The summed E-state index contributed by atoms with van der Waals surface area (Å²) >= 11 is 0. The SMILES string of the molecule is Cc1cccc(OCCC(=O)NCCCNC2CC2)c1. The van der Waals surface area contributed by atoms with E-state index in [1.54, 1.807) is 0 Å². The van der Waals surface area contributed by atoms with Crippen molar-refractivity contribution in [3.8, 4) is 5.75 Å².